The predicted octanol–water partition coefficient (Wildman–Crippen LogP) is 11.5. The van der Waals surface area contributed by atoms with Gasteiger partial charge in [0.05, 0.1) is 0 Å². The van der Waals surface area contributed by atoms with E-state index in [4.69, 9.17) is 0 Å². The molecule has 0 unspecified atom stereocenters. The van der Waals surface area contributed by atoms with E-state index in [1.807, 2.05) is 0 Å². The third-order valence-corrected chi connectivity index (χ3v) is 28.0. The van der Waals surface area contributed by atoms with E-state index in [2.05, 4.69) is 216 Å². The van der Waals surface area contributed by atoms with Crippen LogP contribution in [0.2, 0.25) is 4.94 Å². The minimum absolute atomic E-state index is 0.728. The van der Waals surface area contributed by atoms with E-state index in [1.165, 1.54) is 95.6 Å². The second-order valence-corrected chi connectivity index (χ2v) is 27.0. The standard InChI is InChI=1S/6C10H13.CH3.HI.5Sn/c6*1-3-9-6-5-7-10(4-2)8-9;;;;;;;/h6*5-7H,3-4H2,1-2H3;1H3;1H;;;;;/q;;;;;;;;;;;;+1/p-1. The van der Waals surface area contributed by atoms with Crippen molar-refractivity contribution < 1.29 is 0 Å². The van der Waals surface area contributed by atoms with Gasteiger partial charge in [0.2, 0.25) is 0 Å². The Morgan fingerprint density at radius 3 is 0.403 bits per heavy atom. The number of halogens is 1. The van der Waals surface area contributed by atoms with Crippen LogP contribution >= 0.6 is 18.6 Å². The van der Waals surface area contributed by atoms with E-state index in [-0.39, 0.29) is 0 Å². The predicted molar refractivity (Wildman–Crippen MR) is 318 cm³/mol. The van der Waals surface area contributed by atoms with Crippen molar-refractivity contribution in [1.82, 2.24) is 0 Å². The minimum atomic E-state index is -0.728. The summed E-state index contributed by atoms with van der Waals surface area (Å²) in [5, 5.41) is 0. The summed E-state index contributed by atoms with van der Waals surface area (Å²) in [4.78, 5) is 2.09. The monoisotopic (exact) mass is 1540 g/mol. The van der Waals surface area contributed by atoms with E-state index < -0.39 is 63.4 Å². The average molecular weight is 1530 g/mol. The van der Waals surface area contributed by atoms with E-state index in [0.717, 1.165) is 0 Å². The van der Waals surface area contributed by atoms with Crippen molar-refractivity contribution in [1.29, 1.82) is 0 Å². The molecule has 0 saturated heterocycles. The van der Waals surface area contributed by atoms with Gasteiger partial charge in [-0.05, 0) is 0 Å². The van der Waals surface area contributed by atoms with E-state index in [0.29, 0.717) is 0 Å². The number of hydrogen-bond acceptors (Lipinski definition) is 0. The van der Waals surface area contributed by atoms with Crippen LogP contribution in [0, 0.1) is 0 Å². The summed E-state index contributed by atoms with van der Waals surface area (Å²) in [6, 6.07) is 41.6. The van der Waals surface area contributed by atoms with Crippen LogP contribution in [0.1, 0.15) is 150 Å². The van der Waals surface area contributed by atoms with Crippen molar-refractivity contribution in [3.8, 4) is 0 Å². The Bertz CT molecular complexity index is 1780. The molecule has 6 rings (SSSR count). The molecular weight excluding hydrogens is 1450 g/mol. The summed E-state index contributed by atoms with van der Waals surface area (Å²) >= 11 is 3.13. The van der Waals surface area contributed by atoms with Gasteiger partial charge in [-0.1, -0.05) is 0 Å². The molecule has 0 heterocycles. The van der Waals surface area contributed by atoms with Crippen molar-refractivity contribution in [2.24, 2.45) is 0 Å². The number of aryl methyl sites for hydroxylation is 12. The first-order chi connectivity index (χ1) is 32.7. The molecule has 0 atom stereocenters. The van der Waals surface area contributed by atoms with Crippen molar-refractivity contribution in [3.05, 3.63) is 176 Å². The first kappa shape index (κ1) is 63.2. The van der Waals surface area contributed by atoms with Gasteiger partial charge in [0.1, 0.15) is 0 Å². The summed E-state index contributed by atoms with van der Waals surface area (Å²) in [6.45, 7) is 27.5. The molecule has 0 amide bonds. The molecule has 0 aromatic heterocycles. The maximum atomic E-state index is 2.34. The molecule has 0 aliphatic carbocycles. The molecule has 67 heavy (non-hydrogen) atoms. The average Bonchev–Trinajstić information content (AvgIpc) is 3.40. The molecule has 6 aromatic rings. The van der Waals surface area contributed by atoms with E-state index in [9.17, 15) is 0 Å². The Morgan fingerprint density at radius 2 is 0.328 bits per heavy atom. The van der Waals surface area contributed by atoms with Crippen LogP contribution in [0.25, 0.3) is 0 Å². The molecule has 0 saturated carbocycles. The molecule has 6 heteroatoms. The van der Waals surface area contributed by atoms with Crippen LogP contribution in [0.3, 0.4) is 0 Å². The van der Waals surface area contributed by atoms with Crippen molar-refractivity contribution >= 4 is 145 Å². The molecular formula is C61H81ISn5. The fourth-order valence-electron chi connectivity index (χ4n) is 8.79. The van der Waals surface area contributed by atoms with Gasteiger partial charge in [-0.15, -0.1) is 0 Å². The van der Waals surface area contributed by atoms with Crippen molar-refractivity contribution in [2.45, 2.75) is 165 Å². The van der Waals surface area contributed by atoms with Crippen LogP contribution in [0.15, 0.2) is 109 Å². The Hall–Kier alpha value is 0.0435. The van der Waals surface area contributed by atoms with Gasteiger partial charge in [0.15, 0.2) is 0 Å². The summed E-state index contributed by atoms with van der Waals surface area (Å²) < 4.78 is 10.4. The Labute approximate surface area is 479 Å². The molecule has 0 nitrogen and oxygen atoms in total. The first-order valence-corrected chi connectivity index (χ1v) is 45.1. The van der Waals surface area contributed by atoms with Crippen LogP contribution in [0.4, 0.5) is 0 Å². The number of hydrogen-bond donors (Lipinski definition) is 0. The third kappa shape index (κ3) is 18.8. The zero-order valence-corrected chi connectivity index (χ0v) is 60.2. The molecule has 12 radical (unpaired) electrons. The van der Waals surface area contributed by atoms with Crippen LogP contribution < -0.4 is 21.5 Å². The van der Waals surface area contributed by atoms with Crippen LogP contribution in [-0.4, -0.2) is 105 Å². The SMILES string of the molecule is CCc1cccc(CC)[c]1[Sn][c]1c(CC)cccc1CC.CCc1cccc(CC)[c]1[Sn][c]1c(CC)cccc1CC.CCc1cccc(CC)[c]1[Sn][c]1c(CC)cccc1CC.[CH3][Sn].[Sn][I]. The fourth-order valence-corrected chi connectivity index (χ4v) is 25.3. The van der Waals surface area contributed by atoms with Crippen LogP contribution in [-0.2, 0) is 77.0 Å². The summed E-state index contributed by atoms with van der Waals surface area (Å²) in [5.74, 6) is 0. The van der Waals surface area contributed by atoms with Crippen LogP contribution in [0.5, 0.6) is 0 Å². The Balaban J connectivity index is 0.000000332. The van der Waals surface area contributed by atoms with Gasteiger partial charge in [-0.25, -0.2) is 0 Å². The zero-order chi connectivity index (χ0) is 49.7. The fraction of sp³-hybridized carbons (Fsp3) is 0.410. The van der Waals surface area contributed by atoms with E-state index >= 15 is 0 Å². The van der Waals surface area contributed by atoms with Crippen molar-refractivity contribution in [2.75, 3.05) is 0 Å². The topological polar surface area (TPSA) is 0 Å². The molecule has 0 aliphatic rings. The van der Waals surface area contributed by atoms with Gasteiger partial charge in [-0.2, -0.15) is 0 Å². The Morgan fingerprint density at radius 1 is 0.239 bits per heavy atom. The molecule has 0 fully saturated rings. The summed E-state index contributed by atoms with van der Waals surface area (Å²) in [6.07, 6.45) is 14.0. The molecule has 0 N–H and O–H groups in total. The Kier molecular flexibility index (Phi) is 34.8. The van der Waals surface area contributed by atoms with Gasteiger partial charge in [0.25, 0.3) is 0 Å². The summed E-state index contributed by atoms with van der Waals surface area (Å²) in [5.41, 5.74) is 19.1. The van der Waals surface area contributed by atoms with Gasteiger partial charge < -0.3 is 0 Å². The molecule has 352 valence electrons. The van der Waals surface area contributed by atoms with Gasteiger partial charge in [0, 0.05) is 0 Å². The molecule has 6 aromatic carbocycles. The van der Waals surface area contributed by atoms with Gasteiger partial charge in [-0.3, -0.25) is 0 Å². The quantitative estimate of drug-likeness (QED) is 0.0594. The zero-order valence-electron chi connectivity index (χ0n) is 43.8. The van der Waals surface area contributed by atoms with Crippen molar-refractivity contribution in [3.63, 3.8) is 0 Å². The number of rotatable bonds is 18. The maximum absolute atomic E-state index is 2.34. The van der Waals surface area contributed by atoms with Gasteiger partial charge >= 0.3 is 486 Å². The number of benzene rings is 6. The third-order valence-electron chi connectivity index (χ3n) is 12.7. The first-order valence-electron chi connectivity index (χ1n) is 25.4. The van der Waals surface area contributed by atoms with E-state index in [1.54, 1.807) is 111 Å². The molecule has 0 aliphatic heterocycles. The molecule has 0 bridgehead atoms. The second kappa shape index (κ2) is 36.9. The summed E-state index contributed by atoms with van der Waals surface area (Å²) in [7, 11) is 0. The normalized spacial score (nSPS) is 10.4. The second-order valence-electron chi connectivity index (χ2n) is 16.3. The molecule has 0 spiro atoms.